The van der Waals surface area contributed by atoms with Crippen LogP contribution in [0, 0.1) is 6.07 Å². The molecule has 134 valence electrons. The zero-order chi connectivity index (χ0) is 18.9. The molecule has 0 fully saturated rings. The van der Waals surface area contributed by atoms with Crippen molar-refractivity contribution in [1.29, 1.82) is 0 Å². The molecule has 0 saturated carbocycles. The molecule has 0 unspecified atom stereocenters. The fraction of sp³-hybridized carbons (Fsp3) is 0.308. The van der Waals surface area contributed by atoms with Crippen molar-refractivity contribution >= 4 is 0 Å². The highest BCUT2D eigenvalue weighted by atomic mass is 14.2. The van der Waals surface area contributed by atoms with E-state index in [-0.39, 0.29) is 10.8 Å². The van der Waals surface area contributed by atoms with Crippen molar-refractivity contribution in [3.05, 3.63) is 83.9 Å². The van der Waals surface area contributed by atoms with Crippen LogP contribution in [0.1, 0.15) is 52.7 Å². The fourth-order valence-corrected chi connectivity index (χ4v) is 3.11. The van der Waals surface area contributed by atoms with E-state index in [4.69, 9.17) is 0 Å². The van der Waals surface area contributed by atoms with Gasteiger partial charge in [0.2, 0.25) is 0 Å². The van der Waals surface area contributed by atoms with Crippen molar-refractivity contribution < 1.29 is 0 Å². The molecule has 3 aromatic rings. The summed E-state index contributed by atoms with van der Waals surface area (Å²) in [7, 11) is 0. The lowest BCUT2D eigenvalue weighted by Crippen LogP contribution is -2.10. The first kappa shape index (κ1) is 18.5. The second-order valence-electron chi connectivity index (χ2n) is 9.13. The minimum Gasteiger partial charge on any atom is -0.129 e. The predicted molar refractivity (Wildman–Crippen MR) is 114 cm³/mol. The maximum absolute atomic E-state index is 3.59. The fourth-order valence-electron chi connectivity index (χ4n) is 3.11. The van der Waals surface area contributed by atoms with E-state index >= 15 is 0 Å². The standard InChI is InChI=1S/C26H29/c1-25(2,3)23-14-10-19(11-15-23)21-8-7-9-22(18-21)20-12-16-24(17-13-20)26(4,5)6/h7-17H,1-6H3/q-1. The third kappa shape index (κ3) is 4.07. The Labute approximate surface area is 158 Å². The number of hydrogen-bond donors (Lipinski definition) is 0. The lowest BCUT2D eigenvalue weighted by atomic mass is 9.85. The molecular weight excluding hydrogens is 312 g/mol. The molecule has 0 amide bonds. The van der Waals surface area contributed by atoms with Crippen LogP contribution in [0.15, 0.2) is 66.7 Å². The third-order valence-corrected chi connectivity index (χ3v) is 4.92. The van der Waals surface area contributed by atoms with Crippen LogP contribution in [-0.4, -0.2) is 0 Å². The second-order valence-corrected chi connectivity index (χ2v) is 9.13. The van der Waals surface area contributed by atoms with Crippen LogP contribution in [0.25, 0.3) is 22.3 Å². The topological polar surface area (TPSA) is 0 Å². The molecule has 0 spiro atoms. The molecule has 0 aromatic heterocycles. The summed E-state index contributed by atoms with van der Waals surface area (Å²) in [6.07, 6.45) is 0. The van der Waals surface area contributed by atoms with Gasteiger partial charge in [0.1, 0.15) is 0 Å². The Balaban J connectivity index is 1.91. The molecule has 0 aliphatic heterocycles. The van der Waals surface area contributed by atoms with Gasteiger partial charge in [-0.1, -0.05) is 101 Å². The normalized spacial score (nSPS) is 12.2. The monoisotopic (exact) mass is 341 g/mol. The van der Waals surface area contributed by atoms with Gasteiger partial charge in [-0.3, -0.25) is 0 Å². The van der Waals surface area contributed by atoms with E-state index in [9.17, 15) is 0 Å². The van der Waals surface area contributed by atoms with Gasteiger partial charge in [0.25, 0.3) is 0 Å². The number of rotatable bonds is 2. The van der Waals surface area contributed by atoms with Crippen LogP contribution < -0.4 is 0 Å². The first-order chi connectivity index (χ1) is 12.1. The average Bonchev–Trinajstić information content (AvgIpc) is 2.61. The zero-order valence-electron chi connectivity index (χ0n) is 16.9. The number of benzene rings is 3. The Morgan fingerprint density at radius 3 is 1.15 bits per heavy atom. The van der Waals surface area contributed by atoms with E-state index < -0.39 is 0 Å². The summed E-state index contributed by atoms with van der Waals surface area (Å²) in [4.78, 5) is 0. The van der Waals surface area contributed by atoms with E-state index in [0.29, 0.717) is 0 Å². The highest BCUT2D eigenvalue weighted by molar-refractivity contribution is 5.72. The Morgan fingerprint density at radius 2 is 0.846 bits per heavy atom. The Hall–Kier alpha value is -2.34. The van der Waals surface area contributed by atoms with Crippen molar-refractivity contribution in [2.75, 3.05) is 0 Å². The van der Waals surface area contributed by atoms with Crippen molar-refractivity contribution in [3.63, 3.8) is 0 Å². The van der Waals surface area contributed by atoms with Crippen molar-refractivity contribution in [2.24, 2.45) is 0 Å². The molecular formula is C26H29-. The van der Waals surface area contributed by atoms with Crippen LogP contribution in [0.4, 0.5) is 0 Å². The van der Waals surface area contributed by atoms with Crippen LogP contribution in [0.5, 0.6) is 0 Å². The molecule has 3 aromatic carbocycles. The minimum absolute atomic E-state index is 0.179. The largest absolute Gasteiger partial charge is 0.129 e. The SMILES string of the molecule is CC(C)(C)c1ccc(-c2[c-]c(-c3ccc(C(C)(C)C)cc3)ccc2)cc1. The first-order valence-electron chi connectivity index (χ1n) is 9.39. The molecule has 0 saturated heterocycles. The average molecular weight is 342 g/mol. The third-order valence-electron chi connectivity index (χ3n) is 4.92. The maximum atomic E-state index is 3.59. The predicted octanol–water partition coefficient (Wildman–Crippen LogP) is 7.42. The summed E-state index contributed by atoms with van der Waals surface area (Å²) in [5, 5.41) is 0. The summed E-state index contributed by atoms with van der Waals surface area (Å²) in [5.41, 5.74) is 7.78. The van der Waals surface area contributed by atoms with Gasteiger partial charge in [0, 0.05) is 0 Å². The first-order valence-corrected chi connectivity index (χ1v) is 9.39. The van der Waals surface area contributed by atoms with Gasteiger partial charge in [-0.2, -0.15) is 0 Å². The summed E-state index contributed by atoms with van der Waals surface area (Å²) in [5.74, 6) is 0. The van der Waals surface area contributed by atoms with Crippen molar-refractivity contribution in [1.82, 2.24) is 0 Å². The van der Waals surface area contributed by atoms with Crippen LogP contribution in [0.2, 0.25) is 0 Å². The van der Waals surface area contributed by atoms with E-state index in [0.717, 1.165) is 11.1 Å². The molecule has 0 heteroatoms. The van der Waals surface area contributed by atoms with Gasteiger partial charge in [-0.15, -0.1) is 35.4 Å². The van der Waals surface area contributed by atoms with Crippen molar-refractivity contribution in [3.8, 4) is 22.3 Å². The molecule has 0 N–H and O–H groups in total. The Kier molecular flexibility index (Phi) is 4.80. The van der Waals surface area contributed by atoms with Gasteiger partial charge in [0.15, 0.2) is 0 Å². The zero-order valence-corrected chi connectivity index (χ0v) is 16.9. The van der Waals surface area contributed by atoms with E-state index in [1.165, 1.54) is 22.3 Å². The summed E-state index contributed by atoms with van der Waals surface area (Å²) >= 11 is 0. The van der Waals surface area contributed by atoms with Gasteiger partial charge >= 0.3 is 0 Å². The molecule has 3 rings (SSSR count). The second kappa shape index (κ2) is 6.76. The van der Waals surface area contributed by atoms with Gasteiger partial charge in [0.05, 0.1) is 0 Å². The van der Waals surface area contributed by atoms with E-state index in [2.05, 4.69) is 114 Å². The van der Waals surface area contributed by atoms with Crippen LogP contribution in [-0.2, 0) is 10.8 Å². The van der Waals surface area contributed by atoms with E-state index in [1.807, 2.05) is 0 Å². The van der Waals surface area contributed by atoms with Gasteiger partial charge < -0.3 is 0 Å². The van der Waals surface area contributed by atoms with Crippen LogP contribution in [0.3, 0.4) is 0 Å². The quantitative estimate of drug-likeness (QED) is 0.425. The molecule has 0 aliphatic rings. The molecule has 0 heterocycles. The summed E-state index contributed by atoms with van der Waals surface area (Å²) in [6, 6.07) is 27.7. The van der Waals surface area contributed by atoms with Gasteiger partial charge in [-0.25, -0.2) is 0 Å². The highest BCUT2D eigenvalue weighted by Crippen LogP contribution is 2.30. The van der Waals surface area contributed by atoms with Gasteiger partial charge in [-0.05, 0) is 22.0 Å². The molecule has 0 aliphatic carbocycles. The molecule has 0 bridgehead atoms. The lowest BCUT2D eigenvalue weighted by Gasteiger charge is -2.21. The maximum Gasteiger partial charge on any atom is -0.0132 e. The summed E-state index contributed by atoms with van der Waals surface area (Å²) in [6.45, 7) is 13.5. The Morgan fingerprint density at radius 1 is 0.500 bits per heavy atom. The highest BCUT2D eigenvalue weighted by Gasteiger charge is 2.13. The smallest absolute Gasteiger partial charge is 0.0132 e. The van der Waals surface area contributed by atoms with Crippen molar-refractivity contribution in [2.45, 2.75) is 52.4 Å². The molecule has 0 radical (unpaired) electrons. The lowest BCUT2D eigenvalue weighted by molar-refractivity contribution is 0.590. The van der Waals surface area contributed by atoms with Crippen LogP contribution >= 0.6 is 0 Å². The summed E-state index contributed by atoms with van der Waals surface area (Å²) < 4.78 is 0. The Bertz CT molecular complexity index is 794. The molecule has 0 nitrogen and oxygen atoms in total. The minimum atomic E-state index is 0.179. The molecule has 26 heavy (non-hydrogen) atoms. The number of hydrogen-bond acceptors (Lipinski definition) is 0. The molecule has 0 atom stereocenters. The van der Waals surface area contributed by atoms with E-state index in [1.54, 1.807) is 0 Å².